The first kappa shape index (κ1) is 13.8. The van der Waals surface area contributed by atoms with E-state index < -0.39 is 0 Å². The van der Waals surface area contributed by atoms with Crippen molar-refractivity contribution >= 4 is 45.0 Å². The van der Waals surface area contributed by atoms with Gasteiger partial charge in [0.05, 0.1) is 11.6 Å². The van der Waals surface area contributed by atoms with Crippen molar-refractivity contribution in [3.05, 3.63) is 81.4 Å². The monoisotopic (exact) mass is 381 g/mol. The number of nitriles is 1. The molecule has 0 amide bonds. The standard InChI is InChI=1S/C19H12IN/c20-17-10-8-14(9-11-17)12-16(13-21)19-7-3-5-15-4-1-2-6-18(15)19/h1-12H/b16-12+. The minimum atomic E-state index is 0.688. The molecule has 100 valence electrons. The summed E-state index contributed by atoms with van der Waals surface area (Å²) in [6.07, 6.45) is 1.94. The van der Waals surface area contributed by atoms with Gasteiger partial charge in [0.2, 0.25) is 0 Å². The van der Waals surface area contributed by atoms with Crippen molar-refractivity contribution in [3.63, 3.8) is 0 Å². The molecule has 0 fully saturated rings. The molecule has 0 spiro atoms. The SMILES string of the molecule is N#C/C(=C\c1ccc(I)cc1)c1cccc2ccccc12. The summed E-state index contributed by atoms with van der Waals surface area (Å²) in [6.45, 7) is 0. The largest absolute Gasteiger partial charge is 0.192 e. The molecule has 0 heterocycles. The molecule has 0 aliphatic carbocycles. The van der Waals surface area contributed by atoms with Crippen molar-refractivity contribution in [2.45, 2.75) is 0 Å². The van der Waals surface area contributed by atoms with Gasteiger partial charge in [0.1, 0.15) is 0 Å². The van der Waals surface area contributed by atoms with E-state index in [1.807, 2.05) is 54.6 Å². The minimum absolute atomic E-state index is 0.688. The van der Waals surface area contributed by atoms with Crippen LogP contribution in [0.5, 0.6) is 0 Å². The van der Waals surface area contributed by atoms with Gasteiger partial charge in [-0.1, -0.05) is 54.6 Å². The van der Waals surface area contributed by atoms with Crippen LogP contribution >= 0.6 is 22.6 Å². The highest BCUT2D eigenvalue weighted by Crippen LogP contribution is 2.26. The Hall–Kier alpha value is -2.12. The van der Waals surface area contributed by atoms with Crippen LogP contribution in [0, 0.1) is 14.9 Å². The highest BCUT2D eigenvalue weighted by molar-refractivity contribution is 14.1. The van der Waals surface area contributed by atoms with Crippen molar-refractivity contribution in [1.29, 1.82) is 5.26 Å². The first-order valence-corrected chi connectivity index (χ1v) is 7.71. The van der Waals surface area contributed by atoms with Gasteiger partial charge in [-0.15, -0.1) is 0 Å². The highest BCUT2D eigenvalue weighted by atomic mass is 127. The Morgan fingerprint density at radius 2 is 1.62 bits per heavy atom. The third-order valence-electron chi connectivity index (χ3n) is 3.38. The van der Waals surface area contributed by atoms with E-state index in [4.69, 9.17) is 0 Å². The summed E-state index contributed by atoms with van der Waals surface area (Å²) in [6, 6.07) is 24.7. The van der Waals surface area contributed by atoms with E-state index in [2.05, 4.69) is 46.9 Å². The van der Waals surface area contributed by atoms with Crippen molar-refractivity contribution < 1.29 is 0 Å². The van der Waals surface area contributed by atoms with Crippen LogP contribution < -0.4 is 0 Å². The lowest BCUT2D eigenvalue weighted by Gasteiger charge is -2.05. The molecule has 0 saturated heterocycles. The molecule has 0 bridgehead atoms. The third-order valence-corrected chi connectivity index (χ3v) is 4.10. The Balaban J connectivity index is 2.15. The first-order chi connectivity index (χ1) is 10.3. The van der Waals surface area contributed by atoms with Crippen LogP contribution in [0.1, 0.15) is 11.1 Å². The van der Waals surface area contributed by atoms with E-state index in [1.165, 1.54) is 3.57 Å². The molecular formula is C19H12IN. The molecule has 3 aromatic carbocycles. The van der Waals surface area contributed by atoms with E-state index in [1.54, 1.807) is 0 Å². The highest BCUT2D eigenvalue weighted by Gasteiger charge is 2.05. The van der Waals surface area contributed by atoms with Gasteiger partial charge in [0.25, 0.3) is 0 Å². The van der Waals surface area contributed by atoms with Crippen LogP contribution in [0.25, 0.3) is 22.4 Å². The summed E-state index contributed by atoms with van der Waals surface area (Å²) in [5.41, 5.74) is 2.71. The number of hydrogen-bond acceptors (Lipinski definition) is 1. The Kier molecular flexibility index (Phi) is 4.03. The lowest BCUT2D eigenvalue weighted by atomic mass is 9.97. The van der Waals surface area contributed by atoms with E-state index in [0.29, 0.717) is 5.57 Å². The summed E-state index contributed by atoms with van der Waals surface area (Å²) in [7, 11) is 0. The maximum absolute atomic E-state index is 9.54. The molecule has 0 aliphatic heterocycles. The summed E-state index contributed by atoms with van der Waals surface area (Å²) in [5.74, 6) is 0. The molecule has 0 saturated carbocycles. The molecule has 1 nitrogen and oxygen atoms in total. The summed E-state index contributed by atoms with van der Waals surface area (Å²) in [4.78, 5) is 0. The number of benzene rings is 3. The number of rotatable bonds is 2. The third kappa shape index (κ3) is 2.98. The van der Waals surface area contributed by atoms with Crippen LogP contribution in [0.2, 0.25) is 0 Å². The van der Waals surface area contributed by atoms with Crippen molar-refractivity contribution in [3.8, 4) is 6.07 Å². The second-order valence-corrected chi connectivity index (χ2v) is 5.99. The van der Waals surface area contributed by atoms with Crippen molar-refractivity contribution in [2.75, 3.05) is 0 Å². The minimum Gasteiger partial charge on any atom is -0.192 e. The van der Waals surface area contributed by atoms with Crippen LogP contribution in [0.4, 0.5) is 0 Å². The van der Waals surface area contributed by atoms with Gasteiger partial charge in [0.15, 0.2) is 0 Å². The second kappa shape index (κ2) is 6.11. The zero-order chi connectivity index (χ0) is 14.7. The maximum Gasteiger partial charge on any atom is 0.0998 e. The maximum atomic E-state index is 9.54. The Labute approximate surface area is 137 Å². The summed E-state index contributed by atoms with van der Waals surface area (Å²) < 4.78 is 1.19. The van der Waals surface area contributed by atoms with Crippen LogP contribution in [-0.4, -0.2) is 0 Å². The second-order valence-electron chi connectivity index (χ2n) is 4.75. The van der Waals surface area contributed by atoms with Gasteiger partial charge in [-0.2, -0.15) is 5.26 Å². The fourth-order valence-electron chi connectivity index (χ4n) is 2.36. The number of fused-ring (bicyclic) bond motifs is 1. The smallest absolute Gasteiger partial charge is 0.0998 e. The van der Waals surface area contributed by atoms with E-state index in [0.717, 1.165) is 21.9 Å². The zero-order valence-electron chi connectivity index (χ0n) is 11.3. The molecule has 0 radical (unpaired) electrons. The Morgan fingerprint density at radius 1 is 0.905 bits per heavy atom. The van der Waals surface area contributed by atoms with Gasteiger partial charge in [-0.05, 0) is 57.1 Å². The predicted molar refractivity (Wildman–Crippen MR) is 96.6 cm³/mol. The van der Waals surface area contributed by atoms with Gasteiger partial charge in [-0.25, -0.2) is 0 Å². The number of nitrogens with zero attached hydrogens (tertiary/aromatic N) is 1. The Morgan fingerprint density at radius 3 is 2.38 bits per heavy atom. The van der Waals surface area contributed by atoms with Crippen LogP contribution in [0.3, 0.4) is 0 Å². The van der Waals surface area contributed by atoms with E-state index in [-0.39, 0.29) is 0 Å². The molecule has 3 rings (SSSR count). The quantitative estimate of drug-likeness (QED) is 0.326. The first-order valence-electron chi connectivity index (χ1n) is 6.63. The average Bonchev–Trinajstić information content (AvgIpc) is 2.54. The molecule has 0 unspecified atom stereocenters. The van der Waals surface area contributed by atoms with Crippen molar-refractivity contribution in [1.82, 2.24) is 0 Å². The fraction of sp³-hybridized carbons (Fsp3) is 0. The molecule has 0 aliphatic rings. The molecule has 21 heavy (non-hydrogen) atoms. The number of allylic oxidation sites excluding steroid dienone is 1. The van der Waals surface area contributed by atoms with Crippen LogP contribution in [0.15, 0.2) is 66.7 Å². The average molecular weight is 381 g/mol. The van der Waals surface area contributed by atoms with Gasteiger partial charge in [0, 0.05) is 9.13 Å². The summed E-state index contributed by atoms with van der Waals surface area (Å²) in [5, 5.41) is 11.8. The predicted octanol–water partition coefficient (Wildman–Crippen LogP) is 5.51. The van der Waals surface area contributed by atoms with Crippen LogP contribution in [-0.2, 0) is 0 Å². The van der Waals surface area contributed by atoms with Gasteiger partial charge < -0.3 is 0 Å². The van der Waals surface area contributed by atoms with E-state index >= 15 is 0 Å². The van der Waals surface area contributed by atoms with Crippen molar-refractivity contribution in [2.24, 2.45) is 0 Å². The lowest BCUT2D eigenvalue weighted by molar-refractivity contribution is 1.53. The molecule has 0 atom stereocenters. The lowest BCUT2D eigenvalue weighted by Crippen LogP contribution is -1.85. The number of hydrogen-bond donors (Lipinski definition) is 0. The topological polar surface area (TPSA) is 23.8 Å². The molecule has 0 N–H and O–H groups in total. The molecule has 3 aromatic rings. The fourth-order valence-corrected chi connectivity index (χ4v) is 2.72. The van der Waals surface area contributed by atoms with Gasteiger partial charge >= 0.3 is 0 Å². The Bertz CT molecular complexity index is 849. The zero-order valence-corrected chi connectivity index (χ0v) is 13.4. The molecule has 0 aromatic heterocycles. The number of halogens is 1. The van der Waals surface area contributed by atoms with Gasteiger partial charge in [-0.3, -0.25) is 0 Å². The molecular weight excluding hydrogens is 369 g/mol. The molecule has 2 heteroatoms. The normalized spacial score (nSPS) is 11.3. The summed E-state index contributed by atoms with van der Waals surface area (Å²) >= 11 is 2.28. The van der Waals surface area contributed by atoms with E-state index in [9.17, 15) is 5.26 Å².